The van der Waals surface area contributed by atoms with Crippen LogP contribution in [0.15, 0.2) is 24.3 Å². The zero-order valence-corrected chi connectivity index (χ0v) is 15.0. The van der Waals surface area contributed by atoms with Crippen molar-refractivity contribution in [1.29, 1.82) is 0 Å². The van der Waals surface area contributed by atoms with Gasteiger partial charge in [-0.2, -0.15) is 12.7 Å². The van der Waals surface area contributed by atoms with E-state index >= 15 is 0 Å². The molecule has 0 saturated carbocycles. The molecule has 1 atom stereocenters. The summed E-state index contributed by atoms with van der Waals surface area (Å²) >= 11 is 0. The van der Waals surface area contributed by atoms with Crippen molar-refractivity contribution in [3.63, 3.8) is 0 Å². The van der Waals surface area contributed by atoms with Crippen molar-refractivity contribution in [3.8, 4) is 0 Å². The summed E-state index contributed by atoms with van der Waals surface area (Å²) in [5, 5.41) is 0. The van der Waals surface area contributed by atoms with Crippen LogP contribution in [0, 0.1) is 6.92 Å². The zero-order chi connectivity index (χ0) is 17.9. The minimum Gasteiger partial charge on any atom is -0.335 e. The molecule has 0 radical (unpaired) electrons. The molecule has 132 valence electrons. The Morgan fingerprint density at radius 3 is 2.50 bits per heavy atom. The van der Waals surface area contributed by atoms with Crippen molar-refractivity contribution < 1.29 is 18.0 Å². The molecule has 1 saturated heterocycles. The molecule has 1 aliphatic heterocycles. The van der Waals surface area contributed by atoms with Crippen LogP contribution in [0.5, 0.6) is 0 Å². The smallest absolute Gasteiger partial charge is 0.303 e. The monoisotopic (exact) mass is 353 g/mol. The quantitative estimate of drug-likeness (QED) is 0.819. The van der Waals surface area contributed by atoms with Gasteiger partial charge in [-0.15, -0.1) is 0 Å². The molecule has 0 aromatic heterocycles. The number of benzene rings is 1. The maximum atomic E-state index is 12.1. The molecular weight excluding hydrogens is 330 g/mol. The largest absolute Gasteiger partial charge is 0.335 e. The van der Waals surface area contributed by atoms with E-state index in [9.17, 15) is 18.0 Å². The molecule has 0 bridgehead atoms. The first-order valence-corrected chi connectivity index (χ1v) is 9.21. The SMILES string of the molecule is Cc1ccc(CN2C(=O)CCC2CC(=O)NS(=O)(=O)N(C)C)cc1. The van der Waals surface area contributed by atoms with Crippen LogP contribution < -0.4 is 4.72 Å². The van der Waals surface area contributed by atoms with Crippen LogP contribution in [0.2, 0.25) is 0 Å². The highest BCUT2D eigenvalue weighted by Crippen LogP contribution is 2.24. The topological polar surface area (TPSA) is 86.8 Å². The van der Waals surface area contributed by atoms with Gasteiger partial charge in [0.1, 0.15) is 0 Å². The highest BCUT2D eigenvalue weighted by atomic mass is 32.2. The second-order valence-electron chi connectivity index (χ2n) is 6.22. The van der Waals surface area contributed by atoms with Gasteiger partial charge in [-0.25, -0.2) is 4.72 Å². The number of rotatable bonds is 6. The fraction of sp³-hybridized carbons (Fsp3) is 0.500. The molecule has 1 N–H and O–H groups in total. The summed E-state index contributed by atoms with van der Waals surface area (Å²) in [4.78, 5) is 25.8. The first kappa shape index (κ1) is 18.4. The van der Waals surface area contributed by atoms with Gasteiger partial charge in [-0.3, -0.25) is 9.59 Å². The van der Waals surface area contributed by atoms with E-state index in [-0.39, 0.29) is 18.4 Å². The predicted octanol–water partition coefficient (Wildman–Crippen LogP) is 0.799. The number of nitrogens with one attached hydrogen (secondary N) is 1. The van der Waals surface area contributed by atoms with Gasteiger partial charge in [0.15, 0.2) is 0 Å². The van der Waals surface area contributed by atoms with Crippen molar-refractivity contribution in [2.75, 3.05) is 14.1 Å². The molecule has 1 unspecified atom stereocenters. The molecule has 0 spiro atoms. The second-order valence-corrected chi connectivity index (χ2v) is 8.10. The molecule has 1 fully saturated rings. The van der Waals surface area contributed by atoms with Crippen molar-refractivity contribution in [2.45, 2.75) is 38.8 Å². The molecule has 8 heteroatoms. The number of amides is 2. The Hall–Kier alpha value is -1.93. The Balaban J connectivity index is 2.02. The first-order valence-electron chi connectivity index (χ1n) is 7.77. The highest BCUT2D eigenvalue weighted by molar-refractivity contribution is 7.87. The molecule has 1 aliphatic rings. The highest BCUT2D eigenvalue weighted by Gasteiger charge is 2.33. The molecule has 1 heterocycles. The van der Waals surface area contributed by atoms with E-state index in [1.54, 1.807) is 4.90 Å². The van der Waals surface area contributed by atoms with Crippen LogP contribution in [0.25, 0.3) is 0 Å². The number of carbonyl (C=O) groups excluding carboxylic acids is 2. The van der Waals surface area contributed by atoms with Gasteiger partial charge in [0, 0.05) is 39.5 Å². The van der Waals surface area contributed by atoms with Crippen molar-refractivity contribution in [2.24, 2.45) is 0 Å². The third kappa shape index (κ3) is 4.55. The third-order valence-electron chi connectivity index (χ3n) is 4.07. The maximum absolute atomic E-state index is 12.1. The number of hydrogen-bond donors (Lipinski definition) is 1. The lowest BCUT2D eigenvalue weighted by Gasteiger charge is -2.25. The number of carbonyl (C=O) groups is 2. The Morgan fingerprint density at radius 2 is 1.92 bits per heavy atom. The fourth-order valence-corrected chi connectivity index (χ4v) is 3.16. The molecule has 7 nitrogen and oxygen atoms in total. The minimum atomic E-state index is -3.80. The van der Waals surface area contributed by atoms with Gasteiger partial charge in [0.25, 0.3) is 0 Å². The van der Waals surface area contributed by atoms with Crippen LogP contribution in [0.4, 0.5) is 0 Å². The average molecular weight is 353 g/mol. The number of hydrogen-bond acceptors (Lipinski definition) is 4. The fourth-order valence-electron chi connectivity index (χ4n) is 2.60. The van der Waals surface area contributed by atoms with Crippen LogP contribution in [-0.2, 0) is 26.3 Å². The normalized spacial score (nSPS) is 18.2. The van der Waals surface area contributed by atoms with E-state index in [1.165, 1.54) is 14.1 Å². The third-order valence-corrected chi connectivity index (χ3v) is 5.52. The van der Waals surface area contributed by atoms with Gasteiger partial charge >= 0.3 is 10.2 Å². The summed E-state index contributed by atoms with van der Waals surface area (Å²) < 4.78 is 26.3. The van der Waals surface area contributed by atoms with E-state index in [2.05, 4.69) is 0 Å². The van der Waals surface area contributed by atoms with Crippen LogP contribution >= 0.6 is 0 Å². The van der Waals surface area contributed by atoms with Crippen molar-refractivity contribution in [1.82, 2.24) is 13.9 Å². The van der Waals surface area contributed by atoms with Gasteiger partial charge in [-0.05, 0) is 18.9 Å². The van der Waals surface area contributed by atoms with Gasteiger partial charge < -0.3 is 4.90 Å². The lowest BCUT2D eigenvalue weighted by molar-refractivity contribution is -0.130. The van der Waals surface area contributed by atoms with E-state index in [0.29, 0.717) is 19.4 Å². The lowest BCUT2D eigenvalue weighted by Crippen LogP contribution is -2.42. The Morgan fingerprint density at radius 1 is 1.29 bits per heavy atom. The number of likely N-dealkylation sites (tertiary alicyclic amines) is 1. The number of nitrogens with zero attached hydrogens (tertiary/aromatic N) is 2. The summed E-state index contributed by atoms with van der Waals surface area (Å²) in [5.41, 5.74) is 2.12. The van der Waals surface area contributed by atoms with Crippen molar-refractivity contribution >= 4 is 22.0 Å². The summed E-state index contributed by atoms with van der Waals surface area (Å²) in [6, 6.07) is 7.57. The molecule has 1 aromatic rings. The molecule has 2 rings (SSSR count). The van der Waals surface area contributed by atoms with E-state index in [1.807, 2.05) is 35.9 Å². The standard InChI is InChI=1S/C16H23N3O4S/c1-12-4-6-13(7-5-12)11-19-14(8-9-16(19)21)10-15(20)17-24(22,23)18(2)3/h4-7,14H,8-11H2,1-3H3,(H,17,20). The predicted molar refractivity (Wildman–Crippen MR) is 90.1 cm³/mol. The van der Waals surface area contributed by atoms with Crippen molar-refractivity contribution in [3.05, 3.63) is 35.4 Å². The summed E-state index contributed by atoms with van der Waals surface area (Å²) in [7, 11) is -1.11. The minimum absolute atomic E-state index is 0.0103. The molecule has 2 amide bonds. The van der Waals surface area contributed by atoms with Crippen LogP contribution in [-0.4, -0.2) is 49.6 Å². The zero-order valence-electron chi connectivity index (χ0n) is 14.2. The van der Waals surface area contributed by atoms with Crippen LogP contribution in [0.3, 0.4) is 0 Å². The molecular formula is C16H23N3O4S. The first-order chi connectivity index (χ1) is 11.2. The van der Waals surface area contributed by atoms with E-state index < -0.39 is 16.1 Å². The second kappa shape index (κ2) is 7.31. The Bertz CT molecular complexity index is 713. The molecule has 1 aromatic carbocycles. The van der Waals surface area contributed by atoms with E-state index in [4.69, 9.17) is 0 Å². The van der Waals surface area contributed by atoms with Gasteiger partial charge in [-0.1, -0.05) is 29.8 Å². The summed E-state index contributed by atoms with van der Waals surface area (Å²) in [5.74, 6) is -0.610. The molecule has 0 aliphatic carbocycles. The summed E-state index contributed by atoms with van der Waals surface area (Å²) in [6.45, 7) is 2.42. The van der Waals surface area contributed by atoms with Gasteiger partial charge in [0.05, 0.1) is 0 Å². The average Bonchev–Trinajstić information content (AvgIpc) is 2.81. The summed E-state index contributed by atoms with van der Waals surface area (Å²) in [6.07, 6.45) is 0.912. The lowest BCUT2D eigenvalue weighted by atomic mass is 10.1. The number of aryl methyl sites for hydroxylation is 1. The van der Waals surface area contributed by atoms with E-state index in [0.717, 1.165) is 15.4 Å². The Labute approximate surface area is 142 Å². The van der Waals surface area contributed by atoms with Gasteiger partial charge in [0.2, 0.25) is 11.8 Å². The maximum Gasteiger partial charge on any atom is 0.303 e. The van der Waals surface area contributed by atoms with Crippen LogP contribution in [0.1, 0.15) is 30.4 Å². The molecule has 24 heavy (non-hydrogen) atoms. The Kier molecular flexibility index (Phi) is 5.61.